The van der Waals surface area contributed by atoms with Crippen molar-refractivity contribution < 1.29 is 13.5 Å². The van der Waals surface area contributed by atoms with Crippen LogP contribution in [0, 0.1) is 6.92 Å². The van der Waals surface area contributed by atoms with E-state index in [9.17, 15) is 13.5 Å². The van der Waals surface area contributed by atoms with E-state index in [1.54, 1.807) is 6.92 Å². The van der Waals surface area contributed by atoms with Gasteiger partial charge in [0.05, 0.1) is 21.3 Å². The molecule has 7 heteroatoms. The molecule has 2 aromatic rings. The molecule has 5 nitrogen and oxygen atoms in total. The molecule has 0 spiro atoms. The minimum atomic E-state index is -3.76. The van der Waals surface area contributed by atoms with Gasteiger partial charge in [-0.1, -0.05) is 11.6 Å². The number of benzene rings is 2. The Morgan fingerprint density at radius 3 is 2.33 bits per heavy atom. The zero-order valence-corrected chi connectivity index (χ0v) is 13.1. The minimum Gasteiger partial charge on any atom is -0.508 e. The molecule has 21 heavy (non-hydrogen) atoms. The van der Waals surface area contributed by atoms with Gasteiger partial charge in [0.1, 0.15) is 5.75 Å². The Hall–Kier alpha value is -1.92. The van der Waals surface area contributed by atoms with Crippen LogP contribution in [0.3, 0.4) is 0 Å². The summed E-state index contributed by atoms with van der Waals surface area (Å²) in [6, 6.07) is 8.75. The lowest BCUT2D eigenvalue weighted by Gasteiger charge is -2.21. The number of rotatable bonds is 3. The van der Waals surface area contributed by atoms with Crippen LogP contribution < -0.4 is 10.0 Å². The average Bonchev–Trinajstić information content (AvgIpc) is 2.42. The summed E-state index contributed by atoms with van der Waals surface area (Å²) < 4.78 is 26.5. The highest BCUT2D eigenvalue weighted by atomic mass is 35.5. The van der Waals surface area contributed by atoms with E-state index in [0.717, 1.165) is 4.31 Å². The Morgan fingerprint density at radius 1 is 1.19 bits per heavy atom. The summed E-state index contributed by atoms with van der Waals surface area (Å²) in [7, 11) is -2.33. The number of aryl methyl sites for hydroxylation is 1. The van der Waals surface area contributed by atoms with Crippen LogP contribution in [0.1, 0.15) is 5.56 Å². The van der Waals surface area contributed by atoms with E-state index in [2.05, 4.69) is 0 Å². The second-order valence-corrected chi connectivity index (χ2v) is 6.97. The van der Waals surface area contributed by atoms with Gasteiger partial charge in [-0.2, -0.15) is 0 Å². The molecular formula is C14H15ClN2O3S. The molecule has 0 aliphatic carbocycles. The van der Waals surface area contributed by atoms with Gasteiger partial charge in [0.15, 0.2) is 0 Å². The molecule has 0 aliphatic heterocycles. The summed E-state index contributed by atoms with van der Waals surface area (Å²) in [6.07, 6.45) is 0. The molecule has 3 N–H and O–H groups in total. The van der Waals surface area contributed by atoms with Crippen LogP contribution in [-0.4, -0.2) is 20.6 Å². The number of hydrogen-bond acceptors (Lipinski definition) is 4. The van der Waals surface area contributed by atoms with E-state index in [4.69, 9.17) is 17.3 Å². The molecule has 0 saturated heterocycles. The second-order valence-electron chi connectivity index (χ2n) is 4.63. The highest BCUT2D eigenvalue weighted by Crippen LogP contribution is 2.30. The van der Waals surface area contributed by atoms with Gasteiger partial charge in [-0.15, -0.1) is 0 Å². The SMILES string of the molecule is Cc1cc(Cl)c(N)cc1S(=O)(=O)N(C)c1ccc(O)cc1. The van der Waals surface area contributed by atoms with Crippen molar-refractivity contribution >= 4 is 33.0 Å². The topological polar surface area (TPSA) is 83.6 Å². The third-order valence-corrected chi connectivity index (χ3v) is 5.40. The first-order valence-corrected chi connectivity index (χ1v) is 7.89. The van der Waals surface area contributed by atoms with Gasteiger partial charge in [0, 0.05) is 7.05 Å². The van der Waals surface area contributed by atoms with Gasteiger partial charge in [-0.3, -0.25) is 4.31 Å². The number of phenolic OH excluding ortho intramolecular Hbond substituents is 1. The average molecular weight is 327 g/mol. The Bertz CT molecular complexity index is 774. The highest BCUT2D eigenvalue weighted by Gasteiger charge is 2.24. The lowest BCUT2D eigenvalue weighted by Crippen LogP contribution is -2.27. The van der Waals surface area contributed by atoms with Crippen LogP contribution in [-0.2, 0) is 10.0 Å². The number of sulfonamides is 1. The van der Waals surface area contributed by atoms with Gasteiger partial charge in [0.25, 0.3) is 10.0 Å². The molecule has 0 heterocycles. The molecule has 0 aliphatic rings. The van der Waals surface area contributed by atoms with Crippen LogP contribution in [0.2, 0.25) is 5.02 Å². The van der Waals surface area contributed by atoms with E-state index in [1.807, 2.05) is 0 Å². The first kappa shape index (κ1) is 15.5. The van der Waals surface area contributed by atoms with Crippen molar-refractivity contribution in [3.05, 3.63) is 47.0 Å². The lowest BCUT2D eigenvalue weighted by atomic mass is 10.2. The summed E-state index contributed by atoms with van der Waals surface area (Å²) in [4.78, 5) is 0.0972. The number of phenols is 1. The lowest BCUT2D eigenvalue weighted by molar-refractivity contribution is 0.475. The molecule has 0 bridgehead atoms. The van der Waals surface area contributed by atoms with Crippen LogP contribution >= 0.6 is 11.6 Å². The van der Waals surface area contributed by atoms with E-state index in [1.165, 1.54) is 43.4 Å². The zero-order valence-electron chi connectivity index (χ0n) is 11.5. The first-order valence-electron chi connectivity index (χ1n) is 6.07. The summed E-state index contributed by atoms with van der Waals surface area (Å²) in [5, 5.41) is 9.59. The van der Waals surface area contributed by atoms with Gasteiger partial charge in [-0.05, 0) is 48.9 Å². The van der Waals surface area contributed by atoms with Crippen LogP contribution in [0.4, 0.5) is 11.4 Å². The normalized spacial score (nSPS) is 11.4. The Morgan fingerprint density at radius 2 is 1.76 bits per heavy atom. The van der Waals surface area contributed by atoms with Crippen molar-refractivity contribution in [3.63, 3.8) is 0 Å². The van der Waals surface area contributed by atoms with Crippen molar-refractivity contribution in [1.82, 2.24) is 0 Å². The van der Waals surface area contributed by atoms with Crippen molar-refractivity contribution in [1.29, 1.82) is 0 Å². The molecular weight excluding hydrogens is 312 g/mol. The molecule has 112 valence electrons. The number of hydrogen-bond donors (Lipinski definition) is 2. The fourth-order valence-electron chi connectivity index (χ4n) is 1.90. The molecule has 0 aromatic heterocycles. The second kappa shape index (κ2) is 5.46. The van der Waals surface area contributed by atoms with E-state index < -0.39 is 10.0 Å². The van der Waals surface area contributed by atoms with Gasteiger partial charge < -0.3 is 10.8 Å². The molecule has 0 fully saturated rings. The van der Waals surface area contributed by atoms with Crippen molar-refractivity contribution in [2.24, 2.45) is 0 Å². The zero-order chi connectivity index (χ0) is 15.8. The minimum absolute atomic E-state index is 0.0662. The number of nitrogen functional groups attached to an aromatic ring is 1. The fourth-order valence-corrected chi connectivity index (χ4v) is 3.55. The van der Waals surface area contributed by atoms with Crippen molar-refractivity contribution in [3.8, 4) is 5.75 Å². The maximum absolute atomic E-state index is 12.7. The highest BCUT2D eigenvalue weighted by molar-refractivity contribution is 7.92. The van der Waals surface area contributed by atoms with Crippen LogP contribution in [0.15, 0.2) is 41.3 Å². The molecule has 2 aromatic carbocycles. The Labute approximate surface area is 128 Å². The van der Waals surface area contributed by atoms with E-state index in [-0.39, 0.29) is 16.3 Å². The van der Waals surface area contributed by atoms with E-state index in [0.29, 0.717) is 16.3 Å². The molecule has 0 amide bonds. The van der Waals surface area contributed by atoms with Crippen molar-refractivity contribution in [2.45, 2.75) is 11.8 Å². The monoisotopic (exact) mass is 326 g/mol. The third-order valence-electron chi connectivity index (χ3n) is 3.15. The van der Waals surface area contributed by atoms with Crippen molar-refractivity contribution in [2.75, 3.05) is 17.1 Å². The van der Waals surface area contributed by atoms with Crippen LogP contribution in [0.5, 0.6) is 5.75 Å². The van der Waals surface area contributed by atoms with Gasteiger partial charge >= 0.3 is 0 Å². The molecule has 0 saturated carbocycles. The first-order chi connectivity index (χ1) is 9.73. The Kier molecular flexibility index (Phi) is 4.02. The standard InChI is InChI=1S/C14H15ClN2O3S/c1-9-7-12(15)13(16)8-14(9)21(19,20)17(2)10-3-5-11(18)6-4-10/h3-8,18H,16H2,1-2H3. The number of halogens is 1. The largest absolute Gasteiger partial charge is 0.508 e. The summed E-state index contributed by atoms with van der Waals surface area (Å²) in [5.74, 6) is 0.0662. The van der Waals surface area contributed by atoms with Crippen LogP contribution in [0.25, 0.3) is 0 Å². The fraction of sp³-hybridized carbons (Fsp3) is 0.143. The quantitative estimate of drug-likeness (QED) is 0.849. The summed E-state index contributed by atoms with van der Waals surface area (Å²) >= 11 is 5.89. The smallest absolute Gasteiger partial charge is 0.264 e. The van der Waals surface area contributed by atoms with E-state index >= 15 is 0 Å². The summed E-state index contributed by atoms with van der Waals surface area (Å²) in [6.45, 7) is 1.66. The number of nitrogens with zero attached hydrogens (tertiary/aromatic N) is 1. The Balaban J connectivity index is 2.51. The molecule has 0 radical (unpaired) electrons. The molecule has 0 unspecified atom stereocenters. The maximum Gasteiger partial charge on any atom is 0.264 e. The number of nitrogens with two attached hydrogens (primary N) is 1. The van der Waals surface area contributed by atoms with Gasteiger partial charge in [-0.25, -0.2) is 8.42 Å². The summed E-state index contributed by atoms with van der Waals surface area (Å²) in [5.41, 5.74) is 6.85. The predicted molar refractivity (Wildman–Crippen MR) is 84.3 cm³/mol. The third kappa shape index (κ3) is 2.91. The predicted octanol–water partition coefficient (Wildman–Crippen LogP) is 2.76. The molecule has 2 rings (SSSR count). The number of anilines is 2. The molecule has 0 atom stereocenters. The maximum atomic E-state index is 12.7. The van der Waals surface area contributed by atoms with Gasteiger partial charge in [0.2, 0.25) is 0 Å². The number of aromatic hydroxyl groups is 1.